The monoisotopic (exact) mass is 651 g/mol. The zero-order valence-electron chi connectivity index (χ0n) is 29.2. The van der Waals surface area contributed by atoms with Gasteiger partial charge in [0, 0.05) is 24.4 Å². The minimum atomic E-state index is -1.08. The summed E-state index contributed by atoms with van der Waals surface area (Å²) >= 11 is 0. The highest BCUT2D eigenvalue weighted by molar-refractivity contribution is 5.80. The summed E-state index contributed by atoms with van der Waals surface area (Å²) in [4.78, 5) is 28.0. The molecule has 1 aromatic rings. The number of likely N-dealkylation sites (tertiary alicyclic amines) is 1. The van der Waals surface area contributed by atoms with Gasteiger partial charge in [-0.15, -0.1) is 0 Å². The van der Waals surface area contributed by atoms with Gasteiger partial charge in [0.15, 0.2) is 23.7 Å². The second kappa shape index (κ2) is 16.0. The molecule has 1 unspecified atom stereocenters. The lowest BCUT2D eigenvalue weighted by Gasteiger charge is -2.61. The molecule has 47 heavy (non-hydrogen) atoms. The third-order valence-corrected chi connectivity index (χ3v) is 11.1. The van der Waals surface area contributed by atoms with Gasteiger partial charge in [-0.05, 0) is 83.2 Å². The van der Waals surface area contributed by atoms with E-state index in [-0.39, 0.29) is 18.4 Å². The van der Waals surface area contributed by atoms with E-state index in [2.05, 4.69) is 37.1 Å². The van der Waals surface area contributed by atoms with E-state index in [9.17, 15) is 14.7 Å². The molecule has 1 aromatic carbocycles. The SMILES string of the molecule is CCCCCCCCC=CCCCCCCCC(=O)O[C@@H](C)C(=O)OC1=CC[C@]2(O)C3Cc4ccc(OC)c5c4[C@@]2(CCN3C)[C@H]1O5. The zero-order valence-corrected chi connectivity index (χ0v) is 29.2. The van der Waals surface area contributed by atoms with Gasteiger partial charge in [0.25, 0.3) is 0 Å². The Labute approximate surface area is 281 Å². The highest BCUT2D eigenvalue weighted by atomic mass is 16.6. The summed E-state index contributed by atoms with van der Waals surface area (Å²) in [5, 5.41) is 12.3. The molecule has 0 aromatic heterocycles. The maximum atomic E-state index is 13.2. The first-order valence-corrected chi connectivity index (χ1v) is 18.3. The van der Waals surface area contributed by atoms with E-state index >= 15 is 0 Å². The normalized spacial score (nSPS) is 26.4. The van der Waals surface area contributed by atoms with E-state index in [0.29, 0.717) is 36.5 Å². The first kappa shape index (κ1) is 35.5. The number of nitrogens with zero attached hydrogens (tertiary/aromatic N) is 1. The van der Waals surface area contributed by atoms with Crippen LogP contribution in [-0.4, -0.2) is 66.5 Å². The first-order chi connectivity index (χ1) is 22.8. The summed E-state index contributed by atoms with van der Waals surface area (Å²) in [7, 11) is 3.67. The third kappa shape index (κ3) is 7.29. The first-order valence-electron chi connectivity index (χ1n) is 18.3. The predicted octanol–water partition coefficient (Wildman–Crippen LogP) is 7.49. The third-order valence-electron chi connectivity index (χ3n) is 11.1. The number of hydrogen-bond acceptors (Lipinski definition) is 8. The standard InChI is InChI=1S/C39H57NO7/c1-5-6-7-8-9-10-11-12-13-14-15-16-17-18-19-20-33(41)45-28(2)37(42)46-31-23-24-39(43)32-27-29-21-22-30(44-4)35-34(29)38(39,36(31)47-35)25-26-40(32)3/h12-13,21-23,28,32,36,43H,5-11,14-20,24-27H2,1-4H3/t28-,32?,36-,38-,39-/m0/s1. The summed E-state index contributed by atoms with van der Waals surface area (Å²) in [5.41, 5.74) is 0.285. The van der Waals surface area contributed by atoms with Gasteiger partial charge < -0.3 is 29.0 Å². The van der Waals surface area contributed by atoms with Crippen LogP contribution in [0.3, 0.4) is 0 Å². The van der Waals surface area contributed by atoms with Crippen molar-refractivity contribution in [3.05, 3.63) is 47.2 Å². The van der Waals surface area contributed by atoms with Crippen LogP contribution in [0.2, 0.25) is 0 Å². The topological polar surface area (TPSA) is 94.5 Å². The van der Waals surface area contributed by atoms with Crippen molar-refractivity contribution in [2.24, 2.45) is 0 Å². The Morgan fingerprint density at radius 2 is 1.72 bits per heavy atom. The molecule has 0 saturated carbocycles. The number of ether oxygens (including phenoxy) is 4. The Hall–Kier alpha value is -2.84. The van der Waals surface area contributed by atoms with Crippen LogP contribution in [0.25, 0.3) is 0 Å². The molecule has 1 fully saturated rings. The number of carbonyl (C=O) groups excluding carboxylic acids is 2. The summed E-state index contributed by atoms with van der Waals surface area (Å²) in [6, 6.07) is 3.90. The Morgan fingerprint density at radius 3 is 2.43 bits per heavy atom. The van der Waals surface area contributed by atoms with Crippen LogP contribution in [0.1, 0.15) is 128 Å². The van der Waals surface area contributed by atoms with Crippen molar-refractivity contribution in [1.29, 1.82) is 0 Å². The average molecular weight is 652 g/mol. The molecule has 2 bridgehead atoms. The Balaban J connectivity index is 1.05. The number of benzene rings is 1. The molecule has 4 aliphatic rings. The van der Waals surface area contributed by atoms with Crippen LogP contribution in [0.4, 0.5) is 0 Å². The minimum absolute atomic E-state index is 0.0841. The van der Waals surface area contributed by atoms with Crippen LogP contribution in [0.15, 0.2) is 36.1 Å². The number of aliphatic hydroxyl groups is 1. The Bertz CT molecular complexity index is 1310. The molecule has 1 N–H and O–H groups in total. The fourth-order valence-electron chi connectivity index (χ4n) is 8.43. The van der Waals surface area contributed by atoms with E-state index in [1.165, 1.54) is 51.4 Å². The molecule has 0 radical (unpaired) electrons. The maximum absolute atomic E-state index is 13.2. The van der Waals surface area contributed by atoms with Crippen molar-refractivity contribution < 1.29 is 33.6 Å². The lowest BCUT2D eigenvalue weighted by atomic mass is 9.50. The van der Waals surface area contributed by atoms with Crippen LogP contribution in [-0.2, 0) is 30.9 Å². The molecule has 2 aliphatic heterocycles. The molecular weight excluding hydrogens is 594 g/mol. The molecule has 8 heteroatoms. The van der Waals surface area contributed by atoms with E-state index < -0.39 is 29.2 Å². The number of allylic oxidation sites excluding steroid dienone is 2. The largest absolute Gasteiger partial charge is 0.493 e. The van der Waals surface area contributed by atoms with Crippen LogP contribution < -0.4 is 9.47 Å². The zero-order chi connectivity index (χ0) is 33.4. The summed E-state index contributed by atoms with van der Waals surface area (Å²) < 4.78 is 23.6. The van der Waals surface area contributed by atoms with Gasteiger partial charge in [0.1, 0.15) is 5.76 Å². The van der Waals surface area contributed by atoms with Gasteiger partial charge in [-0.25, -0.2) is 4.79 Å². The van der Waals surface area contributed by atoms with Gasteiger partial charge in [-0.3, -0.25) is 4.79 Å². The lowest BCUT2D eigenvalue weighted by Crippen LogP contribution is -2.74. The lowest BCUT2D eigenvalue weighted by molar-refractivity contribution is -0.175. The van der Waals surface area contributed by atoms with Gasteiger partial charge in [0.2, 0.25) is 0 Å². The highest BCUT2D eigenvalue weighted by Gasteiger charge is 2.72. The number of methoxy groups -OCH3 is 1. The molecule has 8 nitrogen and oxygen atoms in total. The predicted molar refractivity (Wildman–Crippen MR) is 183 cm³/mol. The molecule has 2 aliphatic carbocycles. The number of hydrogen-bond donors (Lipinski definition) is 1. The Kier molecular flexibility index (Phi) is 12.1. The van der Waals surface area contributed by atoms with Crippen molar-refractivity contribution >= 4 is 11.9 Å². The summed E-state index contributed by atoms with van der Waals surface area (Å²) in [6.07, 6.45) is 22.2. The molecule has 1 saturated heterocycles. The van der Waals surface area contributed by atoms with Crippen molar-refractivity contribution in [3.63, 3.8) is 0 Å². The molecular formula is C39H57NO7. The minimum Gasteiger partial charge on any atom is -0.493 e. The van der Waals surface area contributed by atoms with Gasteiger partial charge in [0.05, 0.1) is 18.1 Å². The van der Waals surface area contributed by atoms with E-state index in [0.717, 1.165) is 49.8 Å². The smallest absolute Gasteiger partial charge is 0.352 e. The Morgan fingerprint density at radius 1 is 1.04 bits per heavy atom. The van der Waals surface area contributed by atoms with Gasteiger partial charge in [-0.1, -0.05) is 76.5 Å². The second-order valence-corrected chi connectivity index (χ2v) is 14.2. The number of esters is 2. The van der Waals surface area contributed by atoms with Crippen LogP contribution in [0, 0.1) is 0 Å². The number of likely N-dealkylation sites (N-methyl/N-ethyl adjacent to an activating group) is 1. The molecule has 1 spiro atoms. The van der Waals surface area contributed by atoms with Crippen LogP contribution in [0.5, 0.6) is 11.5 Å². The molecule has 260 valence electrons. The van der Waals surface area contributed by atoms with Crippen molar-refractivity contribution in [2.45, 2.75) is 152 Å². The second-order valence-electron chi connectivity index (χ2n) is 14.2. The van der Waals surface area contributed by atoms with Crippen LogP contribution >= 0.6 is 0 Å². The average Bonchev–Trinajstić information content (AvgIpc) is 3.42. The quantitative estimate of drug-likeness (QED) is 0.0935. The van der Waals surface area contributed by atoms with Gasteiger partial charge >= 0.3 is 11.9 Å². The van der Waals surface area contributed by atoms with E-state index in [1.807, 2.05) is 6.07 Å². The molecule has 5 atom stereocenters. The fourth-order valence-corrected chi connectivity index (χ4v) is 8.43. The molecule has 5 rings (SSSR count). The van der Waals surface area contributed by atoms with Crippen molar-refractivity contribution in [3.8, 4) is 11.5 Å². The van der Waals surface area contributed by atoms with E-state index in [4.69, 9.17) is 18.9 Å². The maximum Gasteiger partial charge on any atom is 0.352 e. The summed E-state index contributed by atoms with van der Waals surface area (Å²) in [5.74, 6) is 0.579. The number of carbonyl (C=O) groups is 2. The number of piperidine rings is 1. The number of rotatable bonds is 19. The van der Waals surface area contributed by atoms with E-state index in [1.54, 1.807) is 20.1 Å². The fraction of sp³-hybridized carbons (Fsp3) is 0.692. The van der Waals surface area contributed by atoms with Crippen molar-refractivity contribution in [1.82, 2.24) is 4.90 Å². The van der Waals surface area contributed by atoms with Gasteiger partial charge in [-0.2, -0.15) is 0 Å². The summed E-state index contributed by atoms with van der Waals surface area (Å²) in [6.45, 7) is 4.59. The van der Waals surface area contributed by atoms with Crippen molar-refractivity contribution in [2.75, 3.05) is 20.7 Å². The molecule has 2 heterocycles. The number of unbranched alkanes of at least 4 members (excludes halogenated alkanes) is 11. The molecule has 0 amide bonds. The highest BCUT2D eigenvalue weighted by Crippen LogP contribution is 2.65.